The van der Waals surface area contributed by atoms with Crippen molar-refractivity contribution in [3.05, 3.63) is 70.4 Å². The minimum atomic E-state index is -0.432. The van der Waals surface area contributed by atoms with Gasteiger partial charge in [-0.25, -0.2) is 14.8 Å². The van der Waals surface area contributed by atoms with Gasteiger partial charge in [-0.3, -0.25) is 0 Å². The summed E-state index contributed by atoms with van der Waals surface area (Å²) in [5.41, 5.74) is 5.31. The zero-order valence-corrected chi connectivity index (χ0v) is 20.6. The Morgan fingerprint density at radius 2 is 1.73 bits per heavy atom. The van der Waals surface area contributed by atoms with Crippen LogP contribution in [-0.2, 0) is 16.7 Å². The molecule has 1 aromatic heterocycles. The molecular weight excluding hydrogens is 414 g/mol. The third-order valence-corrected chi connectivity index (χ3v) is 5.52. The minimum absolute atomic E-state index is 0.0545. The van der Waals surface area contributed by atoms with Crippen LogP contribution < -0.4 is 10.1 Å². The van der Waals surface area contributed by atoms with E-state index in [2.05, 4.69) is 56.2 Å². The summed E-state index contributed by atoms with van der Waals surface area (Å²) in [6, 6.07) is 14.1. The van der Waals surface area contributed by atoms with Crippen molar-refractivity contribution in [1.29, 1.82) is 0 Å². The SMILES string of the molecule is CCOC(=O)c1c(C)nc(-c2ccc(C(C)(C)C)cc2C)nc1NCc1ccc(OC)cc1. The molecule has 174 valence electrons. The van der Waals surface area contributed by atoms with Gasteiger partial charge in [0.25, 0.3) is 0 Å². The Hall–Kier alpha value is -3.41. The van der Waals surface area contributed by atoms with Gasteiger partial charge in [0, 0.05) is 12.1 Å². The number of hydrogen-bond acceptors (Lipinski definition) is 6. The van der Waals surface area contributed by atoms with Crippen LogP contribution in [0.25, 0.3) is 11.4 Å². The fourth-order valence-corrected chi connectivity index (χ4v) is 3.58. The molecule has 0 saturated heterocycles. The first-order valence-corrected chi connectivity index (χ1v) is 11.2. The standard InChI is InChI=1S/C27H33N3O3/c1-8-33-26(31)23-18(3)29-24(22-14-11-20(15-17(22)2)27(4,5)6)30-25(23)28-16-19-9-12-21(32-7)13-10-19/h9-15H,8,16H2,1-7H3,(H,28,29,30). The number of carbonyl (C=O) groups is 1. The van der Waals surface area contributed by atoms with E-state index in [0.29, 0.717) is 29.4 Å². The molecule has 0 fully saturated rings. The van der Waals surface area contributed by atoms with Crippen LogP contribution >= 0.6 is 0 Å². The molecule has 0 saturated carbocycles. The number of nitrogens with zero attached hydrogens (tertiary/aromatic N) is 2. The van der Waals surface area contributed by atoms with Crippen LogP contribution in [0.15, 0.2) is 42.5 Å². The van der Waals surface area contributed by atoms with E-state index in [4.69, 9.17) is 14.5 Å². The predicted octanol–water partition coefficient (Wildman–Crippen LogP) is 5.86. The third kappa shape index (κ3) is 5.69. The van der Waals surface area contributed by atoms with Gasteiger partial charge in [0.2, 0.25) is 0 Å². The average Bonchev–Trinajstić information content (AvgIpc) is 2.77. The largest absolute Gasteiger partial charge is 0.497 e. The van der Waals surface area contributed by atoms with Crippen LogP contribution in [0.3, 0.4) is 0 Å². The lowest BCUT2D eigenvalue weighted by Gasteiger charge is -2.21. The lowest BCUT2D eigenvalue weighted by Crippen LogP contribution is -2.15. The Bertz CT molecular complexity index is 1130. The summed E-state index contributed by atoms with van der Waals surface area (Å²) in [6.07, 6.45) is 0. The van der Waals surface area contributed by atoms with Gasteiger partial charge in [-0.2, -0.15) is 0 Å². The molecular formula is C27H33N3O3. The van der Waals surface area contributed by atoms with Crippen molar-refractivity contribution in [2.24, 2.45) is 0 Å². The average molecular weight is 448 g/mol. The summed E-state index contributed by atoms with van der Waals surface area (Å²) >= 11 is 0. The van der Waals surface area contributed by atoms with Crippen molar-refractivity contribution < 1.29 is 14.3 Å². The van der Waals surface area contributed by atoms with E-state index in [0.717, 1.165) is 22.4 Å². The third-order valence-electron chi connectivity index (χ3n) is 5.52. The molecule has 1 heterocycles. The van der Waals surface area contributed by atoms with E-state index in [1.165, 1.54) is 5.56 Å². The van der Waals surface area contributed by atoms with Crippen LogP contribution in [0, 0.1) is 13.8 Å². The van der Waals surface area contributed by atoms with Crippen molar-refractivity contribution in [1.82, 2.24) is 9.97 Å². The van der Waals surface area contributed by atoms with Crippen LogP contribution in [0.1, 0.15) is 60.4 Å². The summed E-state index contributed by atoms with van der Waals surface area (Å²) in [4.78, 5) is 22.1. The zero-order valence-electron chi connectivity index (χ0n) is 20.6. The van der Waals surface area contributed by atoms with Gasteiger partial charge in [0.15, 0.2) is 5.82 Å². The van der Waals surface area contributed by atoms with Gasteiger partial charge in [-0.05, 0) is 55.0 Å². The van der Waals surface area contributed by atoms with Crippen LogP contribution in [0.5, 0.6) is 5.75 Å². The molecule has 6 nitrogen and oxygen atoms in total. The lowest BCUT2D eigenvalue weighted by atomic mass is 9.85. The van der Waals surface area contributed by atoms with Crippen molar-refractivity contribution in [2.45, 2.75) is 53.5 Å². The summed E-state index contributed by atoms with van der Waals surface area (Å²) in [5.74, 6) is 1.40. The van der Waals surface area contributed by atoms with E-state index in [-0.39, 0.29) is 12.0 Å². The Morgan fingerprint density at radius 1 is 1.03 bits per heavy atom. The Labute approximate surface area is 196 Å². The van der Waals surface area contributed by atoms with E-state index in [1.807, 2.05) is 31.2 Å². The van der Waals surface area contributed by atoms with E-state index in [9.17, 15) is 4.79 Å². The topological polar surface area (TPSA) is 73.3 Å². The van der Waals surface area contributed by atoms with Crippen molar-refractivity contribution in [3.63, 3.8) is 0 Å². The lowest BCUT2D eigenvalue weighted by molar-refractivity contribution is 0.0525. The summed E-state index contributed by atoms with van der Waals surface area (Å²) in [5, 5.41) is 3.32. The molecule has 0 radical (unpaired) electrons. The van der Waals surface area contributed by atoms with E-state index < -0.39 is 5.97 Å². The van der Waals surface area contributed by atoms with Gasteiger partial charge >= 0.3 is 5.97 Å². The van der Waals surface area contributed by atoms with E-state index in [1.54, 1.807) is 14.0 Å². The number of anilines is 1. The maximum absolute atomic E-state index is 12.7. The highest BCUT2D eigenvalue weighted by atomic mass is 16.5. The van der Waals surface area contributed by atoms with Gasteiger partial charge in [-0.1, -0.05) is 51.1 Å². The second-order valence-electron chi connectivity index (χ2n) is 9.06. The minimum Gasteiger partial charge on any atom is -0.497 e. The number of methoxy groups -OCH3 is 1. The number of aryl methyl sites for hydroxylation is 2. The first-order chi connectivity index (χ1) is 15.6. The summed E-state index contributed by atoms with van der Waals surface area (Å²) < 4.78 is 10.5. The monoisotopic (exact) mass is 447 g/mol. The van der Waals surface area contributed by atoms with Gasteiger partial charge in [-0.15, -0.1) is 0 Å². The van der Waals surface area contributed by atoms with Crippen molar-refractivity contribution in [2.75, 3.05) is 19.0 Å². The Balaban J connectivity index is 2.01. The van der Waals surface area contributed by atoms with Crippen LogP contribution in [-0.4, -0.2) is 29.7 Å². The normalized spacial score (nSPS) is 11.2. The number of esters is 1. The molecule has 3 rings (SSSR count). The quantitative estimate of drug-likeness (QED) is 0.458. The Kier molecular flexibility index (Phi) is 7.36. The highest BCUT2D eigenvalue weighted by molar-refractivity contribution is 5.96. The number of carbonyl (C=O) groups excluding carboxylic acids is 1. The fraction of sp³-hybridized carbons (Fsp3) is 0.370. The fourth-order valence-electron chi connectivity index (χ4n) is 3.58. The molecule has 0 atom stereocenters. The molecule has 0 bridgehead atoms. The highest BCUT2D eigenvalue weighted by Crippen LogP contribution is 2.30. The molecule has 2 aromatic carbocycles. The highest BCUT2D eigenvalue weighted by Gasteiger charge is 2.22. The number of hydrogen-bond donors (Lipinski definition) is 1. The molecule has 0 amide bonds. The smallest absolute Gasteiger partial charge is 0.343 e. The molecule has 1 N–H and O–H groups in total. The number of nitrogens with one attached hydrogen (secondary N) is 1. The molecule has 6 heteroatoms. The number of rotatable bonds is 7. The van der Waals surface area contributed by atoms with Crippen LogP contribution in [0.4, 0.5) is 5.82 Å². The van der Waals surface area contributed by atoms with Gasteiger partial charge in [0.05, 0.1) is 19.4 Å². The zero-order chi connectivity index (χ0) is 24.2. The second kappa shape index (κ2) is 10.0. The first kappa shape index (κ1) is 24.2. The summed E-state index contributed by atoms with van der Waals surface area (Å²) in [6.45, 7) is 13.0. The van der Waals surface area contributed by atoms with Crippen molar-refractivity contribution in [3.8, 4) is 17.1 Å². The molecule has 33 heavy (non-hydrogen) atoms. The van der Waals surface area contributed by atoms with Gasteiger partial charge < -0.3 is 14.8 Å². The molecule has 0 spiro atoms. The molecule has 0 aliphatic carbocycles. The maximum atomic E-state index is 12.7. The van der Waals surface area contributed by atoms with Crippen molar-refractivity contribution >= 4 is 11.8 Å². The maximum Gasteiger partial charge on any atom is 0.343 e. The number of ether oxygens (including phenoxy) is 2. The molecule has 0 aliphatic heterocycles. The first-order valence-electron chi connectivity index (χ1n) is 11.2. The van der Waals surface area contributed by atoms with E-state index >= 15 is 0 Å². The van der Waals surface area contributed by atoms with Crippen LogP contribution in [0.2, 0.25) is 0 Å². The second-order valence-corrected chi connectivity index (χ2v) is 9.06. The number of aromatic nitrogens is 2. The molecule has 0 unspecified atom stereocenters. The predicted molar refractivity (Wildman–Crippen MR) is 132 cm³/mol. The van der Waals surface area contributed by atoms with Gasteiger partial charge in [0.1, 0.15) is 17.1 Å². The molecule has 0 aliphatic rings. The Morgan fingerprint density at radius 3 is 2.30 bits per heavy atom. The molecule has 3 aromatic rings. The summed E-state index contributed by atoms with van der Waals surface area (Å²) in [7, 11) is 1.64. The number of benzene rings is 2.